The van der Waals surface area contributed by atoms with Crippen LogP contribution >= 0.6 is 0 Å². The molecule has 138 valence electrons. The number of likely N-dealkylation sites (tertiary alicyclic amines) is 1. The van der Waals surface area contributed by atoms with Crippen molar-refractivity contribution in [3.05, 3.63) is 41.5 Å². The van der Waals surface area contributed by atoms with Gasteiger partial charge in [0.25, 0.3) is 0 Å². The van der Waals surface area contributed by atoms with E-state index in [1.165, 1.54) is 12.8 Å². The minimum absolute atomic E-state index is 0.202. The average Bonchev–Trinajstić information content (AvgIpc) is 3.21. The molecular weight excluding hydrogens is 328 g/mol. The summed E-state index contributed by atoms with van der Waals surface area (Å²) in [6.45, 7) is 4.27. The molecule has 6 heteroatoms. The van der Waals surface area contributed by atoms with Gasteiger partial charge in [0, 0.05) is 25.4 Å². The number of carbonyl (C=O) groups is 1. The Labute approximate surface area is 154 Å². The predicted molar refractivity (Wildman–Crippen MR) is 98.1 cm³/mol. The van der Waals surface area contributed by atoms with E-state index in [0.717, 1.165) is 48.9 Å². The van der Waals surface area contributed by atoms with Crippen LogP contribution in [0, 0.1) is 5.92 Å². The van der Waals surface area contributed by atoms with Gasteiger partial charge in [-0.25, -0.2) is 4.98 Å². The maximum Gasteiger partial charge on any atom is 0.226 e. The first-order chi connectivity index (χ1) is 12.7. The van der Waals surface area contributed by atoms with Crippen molar-refractivity contribution in [1.82, 2.24) is 20.1 Å². The number of nitrogens with zero attached hydrogens (tertiary/aromatic N) is 3. The van der Waals surface area contributed by atoms with Crippen molar-refractivity contribution in [2.24, 2.45) is 5.92 Å². The summed E-state index contributed by atoms with van der Waals surface area (Å²) in [5.74, 6) is 4.05. The third-order valence-electron chi connectivity index (χ3n) is 5.20. The molecule has 1 N–H and O–H groups in total. The minimum atomic E-state index is 0.202. The molecule has 1 aromatic heterocycles. The number of rotatable bonds is 7. The van der Waals surface area contributed by atoms with Crippen molar-refractivity contribution in [1.29, 1.82) is 0 Å². The standard InChI is InChI=1S/C20H26N4O2/c1-2-26-17-7-3-14(4-8-17)12-19(25)24-10-9-15(13-24)11-18-21-20(23-22-18)16-5-6-16/h3-4,7-8,15-16H,2,5-6,9-13H2,1H3,(H,21,22,23). The van der Waals surface area contributed by atoms with E-state index in [1.807, 2.05) is 36.1 Å². The quantitative estimate of drug-likeness (QED) is 0.830. The molecule has 2 fully saturated rings. The summed E-state index contributed by atoms with van der Waals surface area (Å²) in [6, 6.07) is 7.81. The summed E-state index contributed by atoms with van der Waals surface area (Å²) >= 11 is 0. The second kappa shape index (κ2) is 7.48. The molecule has 1 aliphatic carbocycles. The summed E-state index contributed by atoms with van der Waals surface area (Å²) in [5.41, 5.74) is 1.03. The lowest BCUT2D eigenvalue weighted by Crippen LogP contribution is -2.30. The average molecular weight is 354 g/mol. The first-order valence-electron chi connectivity index (χ1n) is 9.62. The number of carbonyl (C=O) groups excluding carboxylic acids is 1. The lowest BCUT2D eigenvalue weighted by atomic mass is 10.0. The summed E-state index contributed by atoms with van der Waals surface area (Å²) in [6.07, 6.45) is 4.80. The zero-order chi connectivity index (χ0) is 17.9. The summed E-state index contributed by atoms with van der Waals surface area (Å²) in [5, 5.41) is 7.40. The van der Waals surface area contributed by atoms with Gasteiger partial charge < -0.3 is 9.64 Å². The van der Waals surface area contributed by atoms with E-state index in [0.29, 0.717) is 24.9 Å². The zero-order valence-corrected chi connectivity index (χ0v) is 15.3. The highest BCUT2D eigenvalue weighted by Crippen LogP contribution is 2.37. The monoisotopic (exact) mass is 354 g/mol. The molecule has 1 aliphatic heterocycles. The van der Waals surface area contributed by atoms with Crippen molar-refractivity contribution in [2.45, 2.75) is 44.9 Å². The van der Waals surface area contributed by atoms with E-state index < -0.39 is 0 Å². The molecule has 6 nitrogen and oxygen atoms in total. The third-order valence-corrected chi connectivity index (χ3v) is 5.20. The molecule has 1 unspecified atom stereocenters. The summed E-state index contributed by atoms with van der Waals surface area (Å²) < 4.78 is 5.45. The van der Waals surface area contributed by atoms with Crippen LogP contribution < -0.4 is 4.74 Å². The highest BCUT2D eigenvalue weighted by atomic mass is 16.5. The second-order valence-corrected chi connectivity index (χ2v) is 7.37. The number of hydrogen-bond donors (Lipinski definition) is 1. The van der Waals surface area contributed by atoms with Crippen LogP contribution in [-0.2, 0) is 17.6 Å². The van der Waals surface area contributed by atoms with E-state index in [9.17, 15) is 4.79 Å². The van der Waals surface area contributed by atoms with Crippen LogP contribution in [-0.4, -0.2) is 45.7 Å². The van der Waals surface area contributed by atoms with Gasteiger partial charge in [0.05, 0.1) is 13.0 Å². The van der Waals surface area contributed by atoms with Crippen LogP contribution in [0.1, 0.15) is 49.3 Å². The molecule has 26 heavy (non-hydrogen) atoms. The SMILES string of the molecule is CCOc1ccc(CC(=O)N2CCC(Cc3nc(C4CC4)n[nH]3)C2)cc1. The van der Waals surface area contributed by atoms with E-state index in [4.69, 9.17) is 4.74 Å². The van der Waals surface area contributed by atoms with E-state index >= 15 is 0 Å². The Morgan fingerprint density at radius 1 is 1.27 bits per heavy atom. The fourth-order valence-electron chi connectivity index (χ4n) is 3.58. The van der Waals surface area contributed by atoms with Crippen molar-refractivity contribution in [2.75, 3.05) is 19.7 Å². The van der Waals surface area contributed by atoms with E-state index in [-0.39, 0.29) is 5.91 Å². The Hall–Kier alpha value is -2.37. The Balaban J connectivity index is 1.27. The van der Waals surface area contributed by atoms with E-state index in [1.54, 1.807) is 0 Å². The fraction of sp³-hybridized carbons (Fsp3) is 0.550. The van der Waals surface area contributed by atoms with Gasteiger partial charge in [0.2, 0.25) is 5.91 Å². The van der Waals surface area contributed by atoms with Crippen molar-refractivity contribution >= 4 is 5.91 Å². The number of H-pyrrole nitrogens is 1. The number of aromatic amines is 1. The van der Waals surface area contributed by atoms with Gasteiger partial charge in [-0.15, -0.1) is 0 Å². The smallest absolute Gasteiger partial charge is 0.226 e. The van der Waals surface area contributed by atoms with Gasteiger partial charge in [-0.05, 0) is 49.8 Å². The molecule has 4 rings (SSSR count). The molecule has 0 spiro atoms. The van der Waals surface area contributed by atoms with Gasteiger partial charge in [0.15, 0.2) is 5.82 Å². The highest BCUT2D eigenvalue weighted by Gasteiger charge is 2.30. The number of benzene rings is 1. The van der Waals surface area contributed by atoms with Gasteiger partial charge >= 0.3 is 0 Å². The number of hydrogen-bond acceptors (Lipinski definition) is 4. The third kappa shape index (κ3) is 4.06. The van der Waals surface area contributed by atoms with Crippen LogP contribution in [0.25, 0.3) is 0 Å². The predicted octanol–water partition coefficient (Wildman–Crippen LogP) is 2.71. The van der Waals surface area contributed by atoms with Crippen LogP contribution in [0.3, 0.4) is 0 Å². The van der Waals surface area contributed by atoms with Gasteiger partial charge in [0.1, 0.15) is 11.6 Å². The Morgan fingerprint density at radius 2 is 2.08 bits per heavy atom. The molecule has 1 atom stereocenters. The molecule has 1 saturated heterocycles. The highest BCUT2D eigenvalue weighted by molar-refractivity contribution is 5.79. The molecule has 1 saturated carbocycles. The van der Waals surface area contributed by atoms with Gasteiger partial charge in [-0.3, -0.25) is 9.89 Å². The van der Waals surface area contributed by atoms with Crippen molar-refractivity contribution < 1.29 is 9.53 Å². The molecule has 1 aromatic carbocycles. The molecule has 0 radical (unpaired) electrons. The van der Waals surface area contributed by atoms with Crippen LogP contribution in [0.4, 0.5) is 0 Å². The van der Waals surface area contributed by atoms with E-state index in [2.05, 4.69) is 15.2 Å². The largest absolute Gasteiger partial charge is 0.494 e. The minimum Gasteiger partial charge on any atom is -0.494 e. The lowest BCUT2D eigenvalue weighted by Gasteiger charge is -2.16. The summed E-state index contributed by atoms with van der Waals surface area (Å²) in [7, 11) is 0. The second-order valence-electron chi connectivity index (χ2n) is 7.37. The molecule has 0 bridgehead atoms. The fourth-order valence-corrected chi connectivity index (χ4v) is 3.58. The Morgan fingerprint density at radius 3 is 2.81 bits per heavy atom. The molecule has 2 heterocycles. The Bertz CT molecular complexity index is 751. The van der Waals surface area contributed by atoms with Crippen LogP contribution in [0.5, 0.6) is 5.75 Å². The number of amides is 1. The van der Waals surface area contributed by atoms with Gasteiger partial charge in [-0.2, -0.15) is 5.10 Å². The Kier molecular flexibility index (Phi) is 4.91. The van der Waals surface area contributed by atoms with Gasteiger partial charge in [-0.1, -0.05) is 12.1 Å². The first-order valence-corrected chi connectivity index (χ1v) is 9.62. The normalized spacial score (nSPS) is 19.7. The number of nitrogens with one attached hydrogen (secondary N) is 1. The maximum atomic E-state index is 12.6. The maximum absolute atomic E-state index is 12.6. The molecule has 2 aromatic rings. The van der Waals surface area contributed by atoms with Crippen molar-refractivity contribution in [3.63, 3.8) is 0 Å². The van der Waals surface area contributed by atoms with Crippen LogP contribution in [0.2, 0.25) is 0 Å². The molecule has 2 aliphatic rings. The molecule has 1 amide bonds. The lowest BCUT2D eigenvalue weighted by molar-refractivity contribution is -0.129. The summed E-state index contributed by atoms with van der Waals surface area (Å²) in [4.78, 5) is 19.2. The number of ether oxygens (including phenoxy) is 1. The first kappa shape index (κ1) is 17.1. The van der Waals surface area contributed by atoms with Crippen molar-refractivity contribution in [3.8, 4) is 5.75 Å². The molecular formula is C20H26N4O2. The topological polar surface area (TPSA) is 71.1 Å². The zero-order valence-electron chi connectivity index (χ0n) is 15.3. The van der Waals surface area contributed by atoms with Crippen LogP contribution in [0.15, 0.2) is 24.3 Å². The number of aromatic nitrogens is 3.